The number of hydrogen-bond acceptors (Lipinski definition) is 5. The number of rotatable bonds is 6. The van der Waals surface area contributed by atoms with Gasteiger partial charge >= 0.3 is 0 Å². The zero-order chi connectivity index (χ0) is 18.6. The zero-order valence-corrected chi connectivity index (χ0v) is 16.1. The molecule has 0 spiro atoms. The van der Waals surface area contributed by atoms with Crippen LogP contribution < -0.4 is 10.9 Å². The molecule has 0 radical (unpaired) electrons. The molecule has 0 saturated carbocycles. The topological polar surface area (TPSA) is 87.7 Å². The molecule has 0 aromatic carbocycles. The molecular weight excluding hydrogens is 336 g/mol. The smallest absolute Gasteiger partial charge is 0.253 e. The number of pyridine rings is 1. The standard InChI is InChI=1S/C18H24N4O2S/c1-10-8-11(2)20-17(24)15(10)9-19-16(23)7-6-14-12(3)21-18(25-5)22-13(14)4/h8H,6-7,9H2,1-5H3,(H,19,23)(H,20,24). The summed E-state index contributed by atoms with van der Waals surface area (Å²) in [6.07, 6.45) is 2.87. The first-order valence-corrected chi connectivity index (χ1v) is 9.38. The van der Waals surface area contributed by atoms with Crippen LogP contribution in [0, 0.1) is 27.7 Å². The van der Waals surface area contributed by atoms with E-state index in [4.69, 9.17) is 0 Å². The number of H-pyrrole nitrogens is 1. The minimum Gasteiger partial charge on any atom is -0.352 e. The van der Waals surface area contributed by atoms with Gasteiger partial charge in [0.05, 0.1) is 0 Å². The van der Waals surface area contributed by atoms with Crippen molar-refractivity contribution in [1.82, 2.24) is 20.3 Å². The Balaban J connectivity index is 1.97. The molecule has 2 aromatic heterocycles. The van der Waals surface area contributed by atoms with Crippen molar-refractivity contribution in [3.05, 3.63) is 50.2 Å². The Kier molecular flexibility index (Phi) is 6.36. The van der Waals surface area contributed by atoms with E-state index in [0.29, 0.717) is 18.4 Å². The summed E-state index contributed by atoms with van der Waals surface area (Å²) >= 11 is 1.51. The fraction of sp³-hybridized carbons (Fsp3) is 0.444. The van der Waals surface area contributed by atoms with Gasteiger partial charge in [0.1, 0.15) is 0 Å². The fourth-order valence-electron chi connectivity index (χ4n) is 2.78. The van der Waals surface area contributed by atoms with Gasteiger partial charge in [-0.1, -0.05) is 11.8 Å². The van der Waals surface area contributed by atoms with Gasteiger partial charge in [0.15, 0.2) is 5.16 Å². The molecule has 2 N–H and O–H groups in total. The van der Waals surface area contributed by atoms with Gasteiger partial charge in [-0.25, -0.2) is 9.97 Å². The van der Waals surface area contributed by atoms with E-state index in [0.717, 1.165) is 33.4 Å². The summed E-state index contributed by atoms with van der Waals surface area (Å²) < 4.78 is 0. The highest BCUT2D eigenvalue weighted by atomic mass is 32.2. The number of nitrogens with one attached hydrogen (secondary N) is 2. The van der Waals surface area contributed by atoms with Crippen molar-refractivity contribution in [1.29, 1.82) is 0 Å². The first kappa shape index (κ1) is 19.2. The number of hydrogen-bond donors (Lipinski definition) is 2. The van der Waals surface area contributed by atoms with E-state index in [-0.39, 0.29) is 18.0 Å². The molecule has 0 bridgehead atoms. The Hall–Kier alpha value is -2.15. The lowest BCUT2D eigenvalue weighted by Crippen LogP contribution is -2.28. The molecule has 0 fully saturated rings. The van der Waals surface area contributed by atoms with Gasteiger partial charge in [-0.15, -0.1) is 0 Å². The second-order valence-electron chi connectivity index (χ2n) is 6.08. The number of amides is 1. The van der Waals surface area contributed by atoms with E-state index in [1.807, 2.05) is 40.0 Å². The van der Waals surface area contributed by atoms with Crippen LogP contribution in [-0.2, 0) is 17.8 Å². The number of aromatic nitrogens is 3. The summed E-state index contributed by atoms with van der Waals surface area (Å²) in [5.74, 6) is -0.0906. The molecular formula is C18H24N4O2S. The molecule has 25 heavy (non-hydrogen) atoms. The molecule has 134 valence electrons. The third kappa shape index (κ3) is 4.92. The average molecular weight is 360 g/mol. The van der Waals surface area contributed by atoms with Gasteiger partial charge in [-0.2, -0.15) is 0 Å². The zero-order valence-electron chi connectivity index (χ0n) is 15.3. The van der Waals surface area contributed by atoms with E-state index < -0.39 is 0 Å². The summed E-state index contributed by atoms with van der Waals surface area (Å²) in [6.45, 7) is 7.83. The number of aromatic amines is 1. The average Bonchev–Trinajstić information content (AvgIpc) is 2.52. The lowest BCUT2D eigenvalue weighted by molar-refractivity contribution is -0.121. The summed E-state index contributed by atoms with van der Waals surface area (Å²) in [4.78, 5) is 35.8. The molecule has 0 aliphatic carbocycles. The Labute approximate surface area is 151 Å². The molecule has 1 amide bonds. The van der Waals surface area contributed by atoms with Crippen molar-refractivity contribution >= 4 is 17.7 Å². The van der Waals surface area contributed by atoms with E-state index in [1.54, 1.807) is 0 Å². The number of thioether (sulfide) groups is 1. The number of carbonyl (C=O) groups is 1. The predicted molar refractivity (Wildman–Crippen MR) is 100.0 cm³/mol. The van der Waals surface area contributed by atoms with E-state index in [2.05, 4.69) is 20.3 Å². The maximum absolute atomic E-state index is 12.2. The highest BCUT2D eigenvalue weighted by molar-refractivity contribution is 7.98. The molecule has 2 heterocycles. The van der Waals surface area contributed by atoms with Crippen LogP contribution in [0.15, 0.2) is 16.0 Å². The first-order chi connectivity index (χ1) is 11.8. The molecule has 2 aromatic rings. The maximum Gasteiger partial charge on any atom is 0.253 e. The molecule has 0 atom stereocenters. The van der Waals surface area contributed by atoms with Crippen LogP contribution in [0.4, 0.5) is 0 Å². The van der Waals surface area contributed by atoms with Crippen molar-refractivity contribution in [2.45, 2.75) is 52.2 Å². The Morgan fingerprint density at radius 2 is 1.80 bits per heavy atom. The molecule has 0 aliphatic heterocycles. The van der Waals surface area contributed by atoms with Crippen molar-refractivity contribution in [3.8, 4) is 0 Å². The quantitative estimate of drug-likeness (QED) is 0.610. The first-order valence-electron chi connectivity index (χ1n) is 8.16. The number of nitrogens with zero attached hydrogens (tertiary/aromatic N) is 2. The van der Waals surface area contributed by atoms with Crippen molar-refractivity contribution in [2.24, 2.45) is 0 Å². The molecule has 7 heteroatoms. The number of carbonyl (C=O) groups excluding carboxylic acids is 1. The van der Waals surface area contributed by atoms with Crippen LogP contribution in [0.5, 0.6) is 0 Å². The van der Waals surface area contributed by atoms with Gasteiger partial charge in [0.25, 0.3) is 5.56 Å². The predicted octanol–water partition coefficient (Wildman–Crippen LogP) is 2.37. The third-order valence-electron chi connectivity index (χ3n) is 4.14. The van der Waals surface area contributed by atoms with Crippen LogP contribution in [0.3, 0.4) is 0 Å². The summed E-state index contributed by atoms with van der Waals surface area (Å²) in [5, 5.41) is 3.58. The lowest BCUT2D eigenvalue weighted by Gasteiger charge is -2.11. The van der Waals surface area contributed by atoms with Gasteiger partial charge in [-0.3, -0.25) is 9.59 Å². The second-order valence-corrected chi connectivity index (χ2v) is 6.85. The fourth-order valence-corrected chi connectivity index (χ4v) is 3.23. The van der Waals surface area contributed by atoms with Crippen molar-refractivity contribution < 1.29 is 4.79 Å². The normalized spacial score (nSPS) is 10.8. The van der Waals surface area contributed by atoms with Gasteiger partial charge in [-0.05, 0) is 57.6 Å². The molecule has 0 aliphatic rings. The van der Waals surface area contributed by atoms with Gasteiger partial charge in [0.2, 0.25) is 5.91 Å². The minimum atomic E-state index is -0.148. The molecule has 0 saturated heterocycles. The van der Waals surface area contributed by atoms with Gasteiger partial charge in [0, 0.05) is 35.6 Å². The van der Waals surface area contributed by atoms with E-state index >= 15 is 0 Å². The largest absolute Gasteiger partial charge is 0.352 e. The van der Waals surface area contributed by atoms with Crippen LogP contribution in [0.25, 0.3) is 0 Å². The van der Waals surface area contributed by atoms with E-state index in [9.17, 15) is 9.59 Å². The second kappa shape index (κ2) is 8.29. The van der Waals surface area contributed by atoms with Crippen molar-refractivity contribution in [3.63, 3.8) is 0 Å². The summed E-state index contributed by atoms with van der Waals surface area (Å²) in [5.41, 5.74) is 4.99. The van der Waals surface area contributed by atoms with Gasteiger partial charge < -0.3 is 10.3 Å². The van der Waals surface area contributed by atoms with Crippen LogP contribution in [0.2, 0.25) is 0 Å². The summed E-state index contributed by atoms with van der Waals surface area (Å²) in [6, 6.07) is 1.90. The van der Waals surface area contributed by atoms with Crippen LogP contribution in [-0.4, -0.2) is 27.1 Å². The highest BCUT2D eigenvalue weighted by Crippen LogP contribution is 2.17. The highest BCUT2D eigenvalue weighted by Gasteiger charge is 2.12. The molecule has 2 rings (SSSR count). The Bertz CT molecular complexity index is 822. The molecule has 6 nitrogen and oxygen atoms in total. The summed E-state index contributed by atoms with van der Waals surface area (Å²) in [7, 11) is 0. The maximum atomic E-state index is 12.2. The van der Waals surface area contributed by atoms with Crippen molar-refractivity contribution in [2.75, 3.05) is 6.26 Å². The Morgan fingerprint density at radius 3 is 2.36 bits per heavy atom. The number of aryl methyl sites for hydroxylation is 4. The lowest BCUT2D eigenvalue weighted by atomic mass is 10.1. The van der Waals surface area contributed by atoms with Crippen LogP contribution in [0.1, 0.15) is 40.2 Å². The van der Waals surface area contributed by atoms with Crippen LogP contribution >= 0.6 is 11.8 Å². The monoisotopic (exact) mass is 360 g/mol. The SMILES string of the molecule is CSc1nc(C)c(CCC(=O)NCc2c(C)cc(C)[nH]c2=O)c(C)n1. The minimum absolute atomic E-state index is 0.0906. The third-order valence-corrected chi connectivity index (χ3v) is 4.69. The Morgan fingerprint density at radius 1 is 1.16 bits per heavy atom. The molecule has 0 unspecified atom stereocenters. The van der Waals surface area contributed by atoms with E-state index in [1.165, 1.54) is 11.8 Å².